The number of nitrogens with one attached hydrogen (secondary N) is 1. The highest BCUT2D eigenvalue weighted by atomic mass is 16.5. The minimum atomic E-state index is -0.274. The molecule has 0 aliphatic carbocycles. The van der Waals surface area contributed by atoms with Gasteiger partial charge in [0, 0.05) is 12.2 Å². The summed E-state index contributed by atoms with van der Waals surface area (Å²) in [6.07, 6.45) is 1.68. The molecule has 0 bridgehead atoms. The summed E-state index contributed by atoms with van der Waals surface area (Å²) in [6.45, 7) is 0.699. The van der Waals surface area contributed by atoms with Crippen LogP contribution in [0.25, 0.3) is 10.8 Å². The zero-order valence-corrected chi connectivity index (χ0v) is 12.4. The van der Waals surface area contributed by atoms with Gasteiger partial charge in [0.05, 0.1) is 0 Å². The fourth-order valence-electron chi connectivity index (χ4n) is 2.78. The van der Waals surface area contributed by atoms with Crippen LogP contribution in [0.4, 0.5) is 6.01 Å². The monoisotopic (exact) mass is 309 g/mol. The number of rotatable bonds is 3. The number of nitrogens with zero attached hydrogens (tertiary/aromatic N) is 2. The Bertz CT molecular complexity index is 848. The van der Waals surface area contributed by atoms with Crippen LogP contribution in [0, 0.1) is 0 Å². The third-order valence-corrected chi connectivity index (χ3v) is 3.90. The lowest BCUT2D eigenvalue weighted by molar-refractivity contribution is 0.0893. The predicted molar refractivity (Wildman–Crippen MR) is 84.1 cm³/mol. The van der Waals surface area contributed by atoms with E-state index in [0.717, 1.165) is 23.6 Å². The van der Waals surface area contributed by atoms with Crippen molar-refractivity contribution < 1.29 is 13.9 Å². The van der Waals surface area contributed by atoms with E-state index in [4.69, 9.17) is 9.15 Å². The van der Waals surface area contributed by atoms with Crippen molar-refractivity contribution in [2.75, 3.05) is 11.9 Å². The number of amides is 1. The maximum atomic E-state index is 12.5. The largest absolute Gasteiger partial charge is 0.405 e. The molecule has 6 nitrogen and oxygen atoms in total. The zero-order valence-electron chi connectivity index (χ0n) is 12.4. The van der Waals surface area contributed by atoms with Crippen molar-refractivity contribution in [3.8, 4) is 0 Å². The summed E-state index contributed by atoms with van der Waals surface area (Å²) in [5.74, 6) is 0.139. The normalized spacial score (nSPS) is 17.5. The molecule has 1 aliphatic rings. The first kappa shape index (κ1) is 13.9. The van der Waals surface area contributed by atoms with E-state index in [1.165, 1.54) is 0 Å². The summed E-state index contributed by atoms with van der Waals surface area (Å²) < 4.78 is 11.0. The highest BCUT2D eigenvalue weighted by Crippen LogP contribution is 2.28. The fraction of sp³-hybridized carbons (Fsp3) is 0.235. The van der Waals surface area contributed by atoms with Gasteiger partial charge in [0.1, 0.15) is 6.10 Å². The molecule has 6 heteroatoms. The Hall–Kier alpha value is -2.73. The zero-order chi connectivity index (χ0) is 15.6. The molecule has 0 radical (unpaired) electrons. The van der Waals surface area contributed by atoms with Gasteiger partial charge in [-0.1, -0.05) is 41.5 Å². The number of carbonyl (C=O) groups excluding carboxylic acids is 1. The van der Waals surface area contributed by atoms with E-state index < -0.39 is 0 Å². The molecular weight excluding hydrogens is 294 g/mol. The van der Waals surface area contributed by atoms with Crippen LogP contribution in [0.15, 0.2) is 46.9 Å². The third-order valence-electron chi connectivity index (χ3n) is 3.90. The van der Waals surface area contributed by atoms with Crippen molar-refractivity contribution in [2.24, 2.45) is 0 Å². The van der Waals surface area contributed by atoms with Crippen LogP contribution in [-0.2, 0) is 4.74 Å². The highest BCUT2D eigenvalue weighted by molar-refractivity contribution is 6.12. The van der Waals surface area contributed by atoms with Crippen LogP contribution in [-0.4, -0.2) is 22.7 Å². The topological polar surface area (TPSA) is 77.2 Å². The van der Waals surface area contributed by atoms with Crippen LogP contribution in [0.3, 0.4) is 0 Å². The molecule has 3 aromatic rings. The number of hydrogen-bond acceptors (Lipinski definition) is 5. The molecule has 116 valence electrons. The van der Waals surface area contributed by atoms with E-state index in [-0.39, 0.29) is 18.0 Å². The van der Waals surface area contributed by atoms with Crippen molar-refractivity contribution in [1.29, 1.82) is 0 Å². The molecule has 23 heavy (non-hydrogen) atoms. The Balaban J connectivity index is 1.57. The van der Waals surface area contributed by atoms with Gasteiger partial charge in [-0.05, 0) is 29.7 Å². The summed E-state index contributed by atoms with van der Waals surface area (Å²) in [4.78, 5) is 12.5. The minimum Gasteiger partial charge on any atom is -0.405 e. The van der Waals surface area contributed by atoms with Gasteiger partial charge < -0.3 is 9.15 Å². The summed E-state index contributed by atoms with van der Waals surface area (Å²) in [5.41, 5.74) is 0.569. The maximum Gasteiger partial charge on any atom is 0.322 e. The third kappa shape index (κ3) is 2.68. The van der Waals surface area contributed by atoms with Gasteiger partial charge in [-0.3, -0.25) is 10.1 Å². The van der Waals surface area contributed by atoms with Crippen molar-refractivity contribution in [2.45, 2.75) is 18.9 Å². The quantitative estimate of drug-likeness (QED) is 0.803. The first-order chi connectivity index (χ1) is 11.3. The number of benzene rings is 2. The number of hydrogen-bond donors (Lipinski definition) is 1. The van der Waals surface area contributed by atoms with Crippen LogP contribution < -0.4 is 5.32 Å². The number of fused-ring (bicyclic) bond motifs is 1. The Kier molecular flexibility index (Phi) is 3.51. The molecule has 4 rings (SSSR count). The lowest BCUT2D eigenvalue weighted by Crippen LogP contribution is -2.12. The Morgan fingerprint density at radius 2 is 2.00 bits per heavy atom. The molecule has 1 aliphatic heterocycles. The fourth-order valence-corrected chi connectivity index (χ4v) is 2.78. The van der Waals surface area contributed by atoms with Gasteiger partial charge in [-0.25, -0.2) is 0 Å². The lowest BCUT2D eigenvalue weighted by Gasteiger charge is -2.05. The molecule has 2 aromatic carbocycles. The average Bonchev–Trinajstić information content (AvgIpc) is 3.25. The SMILES string of the molecule is O=C(Nc1nnc(C2CCCO2)o1)c1cccc2ccccc12. The molecule has 2 heterocycles. The number of aromatic nitrogens is 2. The van der Waals surface area contributed by atoms with Gasteiger partial charge in [0.25, 0.3) is 5.91 Å². The predicted octanol–water partition coefficient (Wildman–Crippen LogP) is 3.33. The van der Waals surface area contributed by atoms with Gasteiger partial charge in [-0.2, -0.15) is 0 Å². The van der Waals surface area contributed by atoms with E-state index in [1.807, 2.05) is 36.4 Å². The Morgan fingerprint density at radius 3 is 2.87 bits per heavy atom. The molecule has 1 aromatic heterocycles. The van der Waals surface area contributed by atoms with Crippen molar-refractivity contribution in [3.05, 3.63) is 53.9 Å². The van der Waals surface area contributed by atoms with E-state index in [0.29, 0.717) is 18.1 Å². The smallest absolute Gasteiger partial charge is 0.322 e. The summed E-state index contributed by atoms with van der Waals surface area (Å²) in [6, 6.07) is 13.4. The Morgan fingerprint density at radius 1 is 1.13 bits per heavy atom. The molecule has 0 spiro atoms. The minimum absolute atomic E-state index is 0.0911. The lowest BCUT2D eigenvalue weighted by atomic mass is 10.0. The van der Waals surface area contributed by atoms with Crippen LogP contribution in [0.5, 0.6) is 0 Å². The molecule has 1 unspecified atom stereocenters. The van der Waals surface area contributed by atoms with E-state index >= 15 is 0 Å². The Labute approximate surface area is 132 Å². The van der Waals surface area contributed by atoms with Crippen molar-refractivity contribution >= 4 is 22.7 Å². The average molecular weight is 309 g/mol. The van der Waals surface area contributed by atoms with Gasteiger partial charge in [0.15, 0.2) is 0 Å². The van der Waals surface area contributed by atoms with E-state index in [2.05, 4.69) is 15.5 Å². The van der Waals surface area contributed by atoms with E-state index in [1.54, 1.807) is 6.07 Å². The van der Waals surface area contributed by atoms with Gasteiger partial charge in [0.2, 0.25) is 5.89 Å². The van der Waals surface area contributed by atoms with Crippen LogP contribution in [0.2, 0.25) is 0 Å². The van der Waals surface area contributed by atoms with Gasteiger partial charge >= 0.3 is 6.01 Å². The number of ether oxygens (including phenoxy) is 1. The second kappa shape index (κ2) is 5.81. The molecule has 1 saturated heterocycles. The first-order valence-electron chi connectivity index (χ1n) is 7.55. The molecule has 1 N–H and O–H groups in total. The molecular formula is C17H15N3O3. The highest BCUT2D eigenvalue weighted by Gasteiger charge is 2.24. The molecule has 1 amide bonds. The number of carbonyl (C=O) groups is 1. The molecule has 0 saturated carbocycles. The molecule has 1 atom stereocenters. The maximum absolute atomic E-state index is 12.5. The van der Waals surface area contributed by atoms with E-state index in [9.17, 15) is 4.79 Å². The molecule has 1 fully saturated rings. The summed E-state index contributed by atoms with van der Waals surface area (Å²) in [5, 5.41) is 12.4. The van der Waals surface area contributed by atoms with Gasteiger partial charge in [-0.15, -0.1) is 5.10 Å². The van der Waals surface area contributed by atoms with Crippen molar-refractivity contribution in [1.82, 2.24) is 10.2 Å². The van der Waals surface area contributed by atoms with Crippen LogP contribution in [0.1, 0.15) is 35.2 Å². The van der Waals surface area contributed by atoms with Crippen LogP contribution >= 0.6 is 0 Å². The van der Waals surface area contributed by atoms with Crippen molar-refractivity contribution in [3.63, 3.8) is 0 Å². The summed E-state index contributed by atoms with van der Waals surface area (Å²) >= 11 is 0. The summed E-state index contributed by atoms with van der Waals surface area (Å²) in [7, 11) is 0. The second-order valence-corrected chi connectivity index (χ2v) is 5.43. The second-order valence-electron chi connectivity index (χ2n) is 5.43. The number of anilines is 1. The first-order valence-corrected chi connectivity index (χ1v) is 7.55. The standard InChI is InChI=1S/C17H15N3O3/c21-15(13-8-3-6-11-5-1-2-7-12(11)13)18-17-20-19-16(23-17)14-9-4-10-22-14/h1-3,5-8,14H,4,9-10H2,(H,18,20,21).